The van der Waals surface area contributed by atoms with Crippen LogP contribution in [0.1, 0.15) is 30.3 Å². The standard InChI is InChI=1S/C15H18ClFN4S/c1-10-18-20(15(22)21(10)11-6-7-11)9-19(2)8-12-13(16)4-3-5-14(12)17/h3-5,11H,6-9H2,1-2H3. The van der Waals surface area contributed by atoms with Crippen LogP contribution in [0.3, 0.4) is 0 Å². The van der Waals surface area contributed by atoms with Crippen LogP contribution in [0, 0.1) is 17.5 Å². The van der Waals surface area contributed by atoms with Crippen molar-refractivity contribution < 1.29 is 4.39 Å². The van der Waals surface area contributed by atoms with Gasteiger partial charge in [-0.25, -0.2) is 9.07 Å². The topological polar surface area (TPSA) is 26.0 Å². The molecule has 4 nitrogen and oxygen atoms in total. The quantitative estimate of drug-likeness (QED) is 0.771. The van der Waals surface area contributed by atoms with Gasteiger partial charge >= 0.3 is 0 Å². The molecule has 1 aliphatic rings. The molecule has 0 aliphatic heterocycles. The largest absolute Gasteiger partial charge is 0.301 e. The van der Waals surface area contributed by atoms with Gasteiger partial charge in [-0.15, -0.1) is 0 Å². The number of benzene rings is 1. The molecule has 0 bridgehead atoms. The Kier molecular flexibility index (Phi) is 4.34. The van der Waals surface area contributed by atoms with Gasteiger partial charge in [0.05, 0.1) is 6.67 Å². The Morgan fingerprint density at radius 3 is 2.82 bits per heavy atom. The molecule has 3 rings (SSSR count). The highest BCUT2D eigenvalue weighted by atomic mass is 35.5. The van der Waals surface area contributed by atoms with E-state index in [1.165, 1.54) is 18.9 Å². The minimum absolute atomic E-state index is 0.289. The summed E-state index contributed by atoms with van der Waals surface area (Å²) >= 11 is 11.6. The Hall–Kier alpha value is -1.24. The van der Waals surface area contributed by atoms with Gasteiger partial charge in [0.2, 0.25) is 0 Å². The van der Waals surface area contributed by atoms with Crippen LogP contribution in [0.15, 0.2) is 18.2 Å². The van der Waals surface area contributed by atoms with Gasteiger partial charge in [-0.05, 0) is 51.2 Å². The van der Waals surface area contributed by atoms with Crippen molar-refractivity contribution in [3.05, 3.63) is 45.2 Å². The van der Waals surface area contributed by atoms with Crippen molar-refractivity contribution in [3.63, 3.8) is 0 Å². The van der Waals surface area contributed by atoms with Gasteiger partial charge in [0, 0.05) is 23.2 Å². The summed E-state index contributed by atoms with van der Waals surface area (Å²) in [6, 6.07) is 5.24. The summed E-state index contributed by atoms with van der Waals surface area (Å²) in [7, 11) is 1.90. The maximum atomic E-state index is 13.9. The summed E-state index contributed by atoms with van der Waals surface area (Å²) in [5, 5.41) is 4.94. The minimum atomic E-state index is -0.289. The average molecular weight is 341 g/mol. The Bertz CT molecular complexity index is 730. The monoisotopic (exact) mass is 340 g/mol. The number of aromatic nitrogens is 3. The van der Waals surface area contributed by atoms with Crippen LogP contribution in [0.5, 0.6) is 0 Å². The van der Waals surface area contributed by atoms with E-state index in [0.717, 1.165) is 10.6 Å². The van der Waals surface area contributed by atoms with Crippen LogP contribution in [-0.4, -0.2) is 26.3 Å². The first-order valence-electron chi connectivity index (χ1n) is 7.24. The second kappa shape index (κ2) is 6.10. The van der Waals surface area contributed by atoms with Crippen molar-refractivity contribution in [2.75, 3.05) is 7.05 Å². The van der Waals surface area contributed by atoms with E-state index >= 15 is 0 Å². The Morgan fingerprint density at radius 1 is 1.45 bits per heavy atom. The van der Waals surface area contributed by atoms with E-state index in [9.17, 15) is 4.39 Å². The zero-order valence-corrected chi connectivity index (χ0v) is 14.2. The van der Waals surface area contributed by atoms with E-state index in [0.29, 0.717) is 29.8 Å². The average Bonchev–Trinajstić information content (AvgIpc) is 3.23. The second-order valence-electron chi connectivity index (χ2n) is 5.79. The lowest BCUT2D eigenvalue weighted by molar-refractivity contribution is 0.240. The highest BCUT2D eigenvalue weighted by Crippen LogP contribution is 2.35. The van der Waals surface area contributed by atoms with Gasteiger partial charge in [0.25, 0.3) is 0 Å². The Morgan fingerprint density at radius 2 is 2.18 bits per heavy atom. The molecule has 0 saturated heterocycles. The highest BCUT2D eigenvalue weighted by molar-refractivity contribution is 7.71. The molecule has 7 heteroatoms. The molecular formula is C15H18ClFN4S. The van der Waals surface area contributed by atoms with Crippen LogP contribution in [0.25, 0.3) is 0 Å². The van der Waals surface area contributed by atoms with E-state index in [1.807, 2.05) is 18.9 Å². The maximum absolute atomic E-state index is 13.9. The molecule has 0 N–H and O–H groups in total. The third-order valence-electron chi connectivity index (χ3n) is 3.82. The first-order valence-corrected chi connectivity index (χ1v) is 8.03. The summed E-state index contributed by atoms with van der Waals surface area (Å²) in [5.74, 6) is 0.646. The van der Waals surface area contributed by atoms with Crippen LogP contribution >= 0.6 is 23.8 Å². The predicted molar refractivity (Wildman–Crippen MR) is 86.9 cm³/mol. The van der Waals surface area contributed by atoms with E-state index in [2.05, 4.69) is 9.67 Å². The molecule has 1 heterocycles. The molecule has 0 atom stereocenters. The van der Waals surface area contributed by atoms with Gasteiger partial charge < -0.3 is 4.57 Å². The van der Waals surface area contributed by atoms with Crippen LogP contribution < -0.4 is 0 Å². The van der Waals surface area contributed by atoms with Gasteiger partial charge in [0.1, 0.15) is 11.6 Å². The second-order valence-corrected chi connectivity index (χ2v) is 6.56. The number of rotatable bonds is 5. The smallest absolute Gasteiger partial charge is 0.199 e. The van der Waals surface area contributed by atoms with Crippen LogP contribution in [-0.2, 0) is 13.2 Å². The summed E-state index contributed by atoms with van der Waals surface area (Å²) in [6.45, 7) is 2.88. The molecule has 0 amide bonds. The molecule has 1 aliphatic carbocycles. The SMILES string of the molecule is Cc1nn(CN(C)Cc2c(F)cccc2Cl)c(=S)n1C1CC1. The fourth-order valence-corrected chi connectivity index (χ4v) is 3.21. The Balaban J connectivity index is 1.76. The van der Waals surface area contributed by atoms with Crippen molar-refractivity contribution in [2.24, 2.45) is 0 Å². The van der Waals surface area contributed by atoms with Crippen molar-refractivity contribution in [1.82, 2.24) is 19.2 Å². The molecule has 22 heavy (non-hydrogen) atoms. The summed E-state index contributed by atoms with van der Waals surface area (Å²) in [6.07, 6.45) is 2.34. The van der Waals surface area contributed by atoms with Crippen molar-refractivity contribution in [2.45, 2.75) is 39.0 Å². The highest BCUT2D eigenvalue weighted by Gasteiger charge is 2.27. The van der Waals surface area contributed by atoms with Gasteiger partial charge in [-0.1, -0.05) is 17.7 Å². The van der Waals surface area contributed by atoms with E-state index in [1.54, 1.807) is 16.8 Å². The molecule has 0 unspecified atom stereocenters. The molecule has 1 saturated carbocycles. The molecule has 2 aromatic rings. The fourth-order valence-electron chi connectivity index (χ4n) is 2.61. The zero-order valence-electron chi connectivity index (χ0n) is 12.6. The molecule has 0 spiro atoms. The van der Waals surface area contributed by atoms with Crippen LogP contribution in [0.4, 0.5) is 4.39 Å². The summed E-state index contributed by atoms with van der Waals surface area (Å²) < 4.78 is 18.5. The number of halogens is 2. The zero-order chi connectivity index (χ0) is 15.9. The molecular weight excluding hydrogens is 323 g/mol. The molecule has 118 valence electrons. The van der Waals surface area contributed by atoms with Crippen molar-refractivity contribution >= 4 is 23.8 Å². The lowest BCUT2D eigenvalue weighted by Gasteiger charge is -2.17. The molecule has 1 aromatic heterocycles. The normalized spacial score (nSPS) is 14.8. The number of aryl methyl sites for hydroxylation is 1. The molecule has 1 aromatic carbocycles. The Labute approximate surface area is 139 Å². The van der Waals surface area contributed by atoms with Gasteiger partial charge in [0.15, 0.2) is 4.77 Å². The third-order valence-corrected chi connectivity index (χ3v) is 4.58. The summed E-state index contributed by atoms with van der Waals surface area (Å²) in [5.41, 5.74) is 0.497. The fraction of sp³-hybridized carbons (Fsp3) is 0.467. The minimum Gasteiger partial charge on any atom is -0.301 e. The molecule has 1 fully saturated rings. The van der Waals surface area contributed by atoms with Gasteiger partial charge in [-0.2, -0.15) is 5.10 Å². The lowest BCUT2D eigenvalue weighted by Crippen LogP contribution is -2.23. The number of hydrogen-bond acceptors (Lipinski definition) is 3. The lowest BCUT2D eigenvalue weighted by atomic mass is 10.2. The number of hydrogen-bond donors (Lipinski definition) is 0. The van der Waals surface area contributed by atoms with Crippen LogP contribution in [0.2, 0.25) is 5.02 Å². The van der Waals surface area contributed by atoms with Crippen molar-refractivity contribution in [3.8, 4) is 0 Å². The number of nitrogens with zero attached hydrogens (tertiary/aromatic N) is 4. The first-order chi connectivity index (χ1) is 10.5. The predicted octanol–water partition coefficient (Wildman–Crippen LogP) is 3.94. The summed E-state index contributed by atoms with van der Waals surface area (Å²) in [4.78, 5) is 1.95. The van der Waals surface area contributed by atoms with E-state index in [-0.39, 0.29) is 5.82 Å². The maximum Gasteiger partial charge on any atom is 0.199 e. The van der Waals surface area contributed by atoms with Crippen molar-refractivity contribution in [1.29, 1.82) is 0 Å². The van der Waals surface area contributed by atoms with Gasteiger partial charge in [-0.3, -0.25) is 4.90 Å². The molecule has 0 radical (unpaired) electrons. The third kappa shape index (κ3) is 3.09. The van der Waals surface area contributed by atoms with E-state index < -0.39 is 0 Å². The van der Waals surface area contributed by atoms with E-state index in [4.69, 9.17) is 23.8 Å². The first kappa shape index (κ1) is 15.6.